The van der Waals surface area contributed by atoms with E-state index in [0.717, 1.165) is 0 Å². The van der Waals surface area contributed by atoms with Crippen molar-refractivity contribution in [3.05, 3.63) is 11.5 Å². The van der Waals surface area contributed by atoms with Crippen molar-refractivity contribution in [1.82, 2.24) is 4.98 Å². The fourth-order valence-electron chi connectivity index (χ4n) is 1.97. The number of amides is 1. The van der Waals surface area contributed by atoms with Gasteiger partial charge in [-0.1, -0.05) is 0 Å². The van der Waals surface area contributed by atoms with Crippen molar-refractivity contribution >= 4 is 17.9 Å². The minimum atomic E-state index is -0.593. The van der Waals surface area contributed by atoms with Gasteiger partial charge in [0, 0.05) is 25.5 Å². The average molecular weight is 268 g/mol. The second-order valence-corrected chi connectivity index (χ2v) is 4.39. The molecule has 1 aromatic rings. The summed E-state index contributed by atoms with van der Waals surface area (Å²) in [4.78, 5) is 28.8. The van der Waals surface area contributed by atoms with Gasteiger partial charge >= 0.3 is 12.0 Å². The monoisotopic (exact) mass is 268 g/mol. The van der Waals surface area contributed by atoms with Crippen molar-refractivity contribution in [3.8, 4) is 0 Å². The van der Waals surface area contributed by atoms with Gasteiger partial charge in [0.2, 0.25) is 11.7 Å². The number of aliphatic hydroxyl groups is 1. The normalized spacial score (nSPS) is 19.0. The molecule has 1 aromatic heterocycles. The lowest BCUT2D eigenvalue weighted by molar-refractivity contribution is -0.117. The van der Waals surface area contributed by atoms with Gasteiger partial charge < -0.3 is 14.3 Å². The van der Waals surface area contributed by atoms with Crippen LogP contribution >= 0.6 is 0 Å². The number of anilines is 1. The lowest BCUT2D eigenvalue weighted by Crippen LogP contribution is -2.25. The molecule has 0 bridgehead atoms. The number of hydrogen-bond donors (Lipinski definition) is 1. The van der Waals surface area contributed by atoms with E-state index in [-0.39, 0.29) is 43.2 Å². The van der Waals surface area contributed by atoms with Crippen LogP contribution < -0.4 is 4.90 Å². The Bertz CT molecular complexity index is 496. The van der Waals surface area contributed by atoms with Gasteiger partial charge in [-0.25, -0.2) is 4.79 Å². The number of rotatable bonds is 4. The van der Waals surface area contributed by atoms with Crippen LogP contribution in [0.25, 0.3) is 0 Å². The van der Waals surface area contributed by atoms with E-state index >= 15 is 0 Å². The molecule has 0 aromatic carbocycles. The van der Waals surface area contributed by atoms with Crippen LogP contribution in [0.3, 0.4) is 0 Å². The van der Waals surface area contributed by atoms with Gasteiger partial charge in [0.25, 0.3) is 0 Å². The highest BCUT2D eigenvalue weighted by atomic mass is 16.5. The van der Waals surface area contributed by atoms with Crippen molar-refractivity contribution in [2.24, 2.45) is 5.92 Å². The van der Waals surface area contributed by atoms with Gasteiger partial charge in [0.1, 0.15) is 0 Å². The van der Waals surface area contributed by atoms with E-state index in [1.807, 2.05) is 0 Å². The number of aromatic nitrogens is 1. The number of oxazole rings is 1. The zero-order chi connectivity index (χ0) is 14.0. The summed E-state index contributed by atoms with van der Waals surface area (Å²) in [5.74, 6) is -0.873. The Kier molecular flexibility index (Phi) is 3.84. The number of nitrogens with zero attached hydrogens (tertiary/aromatic N) is 2. The minimum Gasteiger partial charge on any atom is -0.460 e. The number of aryl methyl sites for hydroxylation is 1. The van der Waals surface area contributed by atoms with Gasteiger partial charge in [-0.05, 0) is 13.8 Å². The topological polar surface area (TPSA) is 92.9 Å². The fourth-order valence-corrected chi connectivity index (χ4v) is 1.97. The SMILES string of the molecule is CCOC(=O)c1oc(N2CC(CO)CC2=O)nc1C. The summed E-state index contributed by atoms with van der Waals surface area (Å²) in [7, 11) is 0. The Labute approximate surface area is 110 Å². The van der Waals surface area contributed by atoms with E-state index in [1.165, 1.54) is 4.90 Å². The van der Waals surface area contributed by atoms with Crippen molar-refractivity contribution in [2.75, 3.05) is 24.7 Å². The molecule has 0 aliphatic carbocycles. The predicted octanol–water partition coefficient (Wildman–Crippen LogP) is 0.505. The summed E-state index contributed by atoms with van der Waals surface area (Å²) in [5, 5.41) is 9.06. The molecule has 0 radical (unpaired) electrons. The Morgan fingerprint density at radius 2 is 2.37 bits per heavy atom. The van der Waals surface area contributed by atoms with Crippen LogP contribution in [0.5, 0.6) is 0 Å². The molecular weight excluding hydrogens is 252 g/mol. The summed E-state index contributed by atoms with van der Waals surface area (Å²) in [6, 6.07) is 0.0847. The molecule has 19 heavy (non-hydrogen) atoms. The third-order valence-electron chi connectivity index (χ3n) is 2.94. The summed E-state index contributed by atoms with van der Waals surface area (Å²) < 4.78 is 10.2. The molecule has 1 unspecified atom stereocenters. The first-order chi connectivity index (χ1) is 9.06. The molecule has 2 rings (SSSR count). The van der Waals surface area contributed by atoms with E-state index in [0.29, 0.717) is 12.2 Å². The molecular formula is C12H16N2O5. The van der Waals surface area contributed by atoms with E-state index < -0.39 is 5.97 Å². The van der Waals surface area contributed by atoms with Crippen LogP contribution in [-0.2, 0) is 9.53 Å². The lowest BCUT2D eigenvalue weighted by Gasteiger charge is -2.10. The van der Waals surface area contributed by atoms with E-state index in [2.05, 4.69) is 4.98 Å². The van der Waals surface area contributed by atoms with Crippen LogP contribution in [0.15, 0.2) is 4.42 Å². The smallest absolute Gasteiger partial charge is 0.376 e. The quantitative estimate of drug-likeness (QED) is 0.799. The second kappa shape index (κ2) is 5.40. The van der Waals surface area contributed by atoms with Crippen LogP contribution in [-0.4, -0.2) is 41.7 Å². The van der Waals surface area contributed by atoms with E-state index in [1.54, 1.807) is 13.8 Å². The number of carbonyl (C=O) groups excluding carboxylic acids is 2. The number of ether oxygens (including phenoxy) is 1. The highest BCUT2D eigenvalue weighted by Gasteiger charge is 2.34. The maximum absolute atomic E-state index is 11.8. The number of carbonyl (C=O) groups is 2. The van der Waals surface area contributed by atoms with Crippen molar-refractivity contribution in [2.45, 2.75) is 20.3 Å². The first kappa shape index (κ1) is 13.5. The van der Waals surface area contributed by atoms with Crippen LogP contribution in [0, 0.1) is 12.8 Å². The molecule has 1 saturated heterocycles. The first-order valence-corrected chi connectivity index (χ1v) is 6.12. The third kappa shape index (κ3) is 2.60. The summed E-state index contributed by atoms with van der Waals surface area (Å²) in [5.41, 5.74) is 0.383. The first-order valence-electron chi connectivity index (χ1n) is 6.12. The lowest BCUT2D eigenvalue weighted by atomic mass is 10.1. The Morgan fingerprint density at radius 3 is 2.95 bits per heavy atom. The van der Waals surface area contributed by atoms with Gasteiger partial charge in [-0.15, -0.1) is 0 Å². The number of hydrogen-bond acceptors (Lipinski definition) is 6. The van der Waals surface area contributed by atoms with Gasteiger partial charge in [-0.2, -0.15) is 4.98 Å². The molecule has 7 nitrogen and oxygen atoms in total. The molecule has 7 heteroatoms. The Morgan fingerprint density at radius 1 is 1.63 bits per heavy atom. The molecule has 104 valence electrons. The van der Waals surface area contributed by atoms with Gasteiger partial charge in [-0.3, -0.25) is 9.69 Å². The Balaban J connectivity index is 2.20. The van der Waals surface area contributed by atoms with Crippen LogP contribution in [0.1, 0.15) is 29.6 Å². The van der Waals surface area contributed by atoms with Crippen molar-refractivity contribution in [3.63, 3.8) is 0 Å². The zero-order valence-electron chi connectivity index (χ0n) is 10.9. The van der Waals surface area contributed by atoms with Gasteiger partial charge in [0.15, 0.2) is 0 Å². The summed E-state index contributed by atoms with van der Waals surface area (Å²) in [6.45, 7) is 3.83. The molecule has 1 aliphatic rings. The van der Waals surface area contributed by atoms with Crippen LogP contribution in [0.4, 0.5) is 6.01 Å². The predicted molar refractivity (Wildman–Crippen MR) is 64.7 cm³/mol. The maximum atomic E-state index is 11.8. The molecule has 1 amide bonds. The molecule has 0 spiro atoms. The van der Waals surface area contributed by atoms with Crippen molar-refractivity contribution < 1.29 is 23.8 Å². The average Bonchev–Trinajstić information content (AvgIpc) is 2.92. The molecule has 1 aliphatic heterocycles. The molecule has 1 N–H and O–H groups in total. The molecule has 1 fully saturated rings. The summed E-state index contributed by atoms with van der Waals surface area (Å²) >= 11 is 0. The standard InChI is InChI=1S/C12H16N2O5/c1-3-18-11(17)10-7(2)13-12(19-10)14-5-8(6-15)4-9(14)16/h8,15H,3-6H2,1-2H3. The number of aliphatic hydroxyl groups excluding tert-OH is 1. The maximum Gasteiger partial charge on any atom is 0.376 e. The van der Waals surface area contributed by atoms with E-state index in [9.17, 15) is 9.59 Å². The van der Waals surface area contributed by atoms with Crippen molar-refractivity contribution in [1.29, 1.82) is 0 Å². The van der Waals surface area contributed by atoms with Gasteiger partial charge in [0.05, 0.1) is 12.3 Å². The number of esters is 1. The second-order valence-electron chi connectivity index (χ2n) is 4.39. The zero-order valence-corrected chi connectivity index (χ0v) is 10.9. The third-order valence-corrected chi connectivity index (χ3v) is 2.94. The molecule has 0 saturated carbocycles. The van der Waals surface area contributed by atoms with Crippen LogP contribution in [0.2, 0.25) is 0 Å². The molecule has 2 heterocycles. The highest BCUT2D eigenvalue weighted by molar-refractivity contribution is 5.94. The van der Waals surface area contributed by atoms with E-state index in [4.69, 9.17) is 14.3 Å². The Hall–Kier alpha value is -1.89. The minimum absolute atomic E-state index is 0.0112. The largest absolute Gasteiger partial charge is 0.460 e. The molecule has 1 atom stereocenters. The fraction of sp³-hybridized carbons (Fsp3) is 0.583. The summed E-state index contributed by atoms with van der Waals surface area (Å²) in [6.07, 6.45) is 0.257. The highest BCUT2D eigenvalue weighted by Crippen LogP contribution is 2.26.